The number of nitrogens with two attached hydrogens (primary N) is 1. The van der Waals surface area contributed by atoms with Crippen LogP contribution in [-0.4, -0.2) is 47.1 Å². The van der Waals surface area contributed by atoms with E-state index in [0.29, 0.717) is 18.1 Å². The van der Waals surface area contributed by atoms with Crippen LogP contribution in [0.25, 0.3) is 5.76 Å². The molecule has 2 aromatic rings. The van der Waals surface area contributed by atoms with Gasteiger partial charge in [0.2, 0.25) is 0 Å². The third-order valence-corrected chi connectivity index (χ3v) is 6.64. The number of thiocarbonyl (C=S) groups is 1. The van der Waals surface area contributed by atoms with Gasteiger partial charge < -0.3 is 20.5 Å². The molecule has 1 saturated heterocycles. The fourth-order valence-electron chi connectivity index (χ4n) is 4.88. The van der Waals surface area contributed by atoms with Crippen LogP contribution >= 0.6 is 12.2 Å². The number of likely N-dealkylation sites (tertiary alicyclic amines) is 1. The van der Waals surface area contributed by atoms with Gasteiger partial charge in [-0.3, -0.25) is 5.43 Å². The summed E-state index contributed by atoms with van der Waals surface area (Å²) in [7, 11) is 0. The Morgan fingerprint density at radius 1 is 1.12 bits per heavy atom. The number of aliphatic hydroxyl groups excluding tert-OH is 1. The van der Waals surface area contributed by atoms with Gasteiger partial charge in [0.15, 0.2) is 5.11 Å². The molecule has 0 unspecified atom stereocenters. The van der Waals surface area contributed by atoms with Crippen LogP contribution < -0.4 is 15.9 Å². The van der Waals surface area contributed by atoms with Crippen molar-refractivity contribution in [3.63, 3.8) is 0 Å². The number of ether oxygens (including phenoxy) is 1. The molecule has 33 heavy (non-hydrogen) atoms. The maximum atomic E-state index is 11.4. The average molecular weight is 465 g/mol. The molecule has 4 N–H and O–H groups in total. The van der Waals surface area contributed by atoms with Crippen LogP contribution in [0.15, 0.2) is 65.3 Å². The number of nitrogens with zero attached hydrogens (tertiary/aromatic N) is 2. The SMILES string of the molecule is C/C(=N\NC(N)=S)[C@@H](CN1CCCCC1)[C@H](C1=C(O)c2ccccc2OC1)c1ccccc1. The first-order valence-electron chi connectivity index (χ1n) is 11.6. The fraction of sp³-hybridized carbons (Fsp3) is 0.385. The average Bonchev–Trinajstić information content (AvgIpc) is 2.85. The summed E-state index contributed by atoms with van der Waals surface area (Å²) in [6.45, 7) is 5.29. The topological polar surface area (TPSA) is 83.1 Å². The van der Waals surface area contributed by atoms with Gasteiger partial charge in [-0.25, -0.2) is 0 Å². The van der Waals surface area contributed by atoms with Crippen LogP contribution in [0.2, 0.25) is 0 Å². The Kier molecular flexibility index (Phi) is 7.62. The van der Waals surface area contributed by atoms with E-state index in [1.807, 2.05) is 49.4 Å². The fourth-order valence-corrected chi connectivity index (χ4v) is 4.93. The Bertz CT molecular complexity index is 1030. The smallest absolute Gasteiger partial charge is 0.184 e. The van der Waals surface area contributed by atoms with E-state index in [2.05, 4.69) is 27.6 Å². The molecular formula is C26H32N4O2S. The molecule has 174 valence electrons. The summed E-state index contributed by atoms with van der Waals surface area (Å²) in [5.74, 6) is 0.889. The monoisotopic (exact) mass is 464 g/mol. The lowest BCUT2D eigenvalue weighted by atomic mass is 9.76. The summed E-state index contributed by atoms with van der Waals surface area (Å²) in [4.78, 5) is 2.50. The number of rotatable bonds is 7. The quantitative estimate of drug-likeness (QED) is 0.319. The highest BCUT2D eigenvalue weighted by Crippen LogP contribution is 2.41. The van der Waals surface area contributed by atoms with Crippen molar-refractivity contribution in [3.05, 3.63) is 71.3 Å². The zero-order valence-corrected chi connectivity index (χ0v) is 19.9. The van der Waals surface area contributed by atoms with Crippen molar-refractivity contribution in [2.45, 2.75) is 32.1 Å². The molecule has 0 radical (unpaired) electrons. The van der Waals surface area contributed by atoms with Gasteiger partial charge in [-0.2, -0.15) is 5.10 Å². The standard InChI is InChI=1S/C26H32N4O2S/c1-18(28-29-26(27)33)21(16-30-14-8-3-9-15-30)24(19-10-4-2-5-11-19)22-17-32-23-13-7-6-12-20(23)25(22)31/h2,4-7,10-13,21,24,31H,3,8-9,14-17H2,1H3,(H3,27,29,33)/b28-18+/t21-,24-/m1/s1. The van der Waals surface area contributed by atoms with Crippen molar-refractivity contribution >= 4 is 28.8 Å². The number of fused-ring (bicyclic) bond motifs is 1. The summed E-state index contributed by atoms with van der Waals surface area (Å²) in [6.07, 6.45) is 3.68. The van der Waals surface area contributed by atoms with Crippen LogP contribution in [0.1, 0.15) is 43.2 Å². The van der Waals surface area contributed by atoms with E-state index in [1.54, 1.807) is 0 Å². The van der Waals surface area contributed by atoms with Crippen molar-refractivity contribution in [3.8, 4) is 5.75 Å². The third kappa shape index (κ3) is 5.54. The Morgan fingerprint density at radius 3 is 2.55 bits per heavy atom. The lowest BCUT2D eigenvalue weighted by Crippen LogP contribution is -2.40. The highest BCUT2D eigenvalue weighted by Gasteiger charge is 2.35. The minimum Gasteiger partial charge on any atom is -0.507 e. The predicted octanol–water partition coefficient (Wildman–Crippen LogP) is 4.44. The highest BCUT2D eigenvalue weighted by atomic mass is 32.1. The van der Waals surface area contributed by atoms with E-state index in [4.69, 9.17) is 22.7 Å². The zero-order valence-electron chi connectivity index (χ0n) is 19.0. The van der Waals surface area contributed by atoms with E-state index in [9.17, 15) is 5.11 Å². The Morgan fingerprint density at radius 2 is 1.82 bits per heavy atom. The first-order valence-corrected chi connectivity index (χ1v) is 12.0. The zero-order chi connectivity index (χ0) is 23.2. The molecule has 0 amide bonds. The summed E-state index contributed by atoms with van der Waals surface area (Å²) >= 11 is 4.99. The molecule has 7 heteroatoms. The van der Waals surface area contributed by atoms with E-state index in [1.165, 1.54) is 19.3 Å². The molecule has 0 aromatic heterocycles. The largest absolute Gasteiger partial charge is 0.507 e. The van der Waals surface area contributed by atoms with Crippen molar-refractivity contribution in [2.24, 2.45) is 16.8 Å². The Hall–Kier alpha value is -2.90. The Balaban J connectivity index is 1.80. The molecule has 1 fully saturated rings. The number of piperidine rings is 1. The number of benzene rings is 2. The van der Waals surface area contributed by atoms with E-state index < -0.39 is 0 Å². The lowest BCUT2D eigenvalue weighted by Gasteiger charge is -2.37. The number of hydrogen-bond donors (Lipinski definition) is 3. The molecule has 0 saturated carbocycles. The Labute approximate surface area is 201 Å². The molecule has 2 aliphatic heterocycles. The second kappa shape index (κ2) is 10.8. The predicted molar refractivity (Wildman–Crippen MR) is 137 cm³/mol. The van der Waals surface area contributed by atoms with Crippen molar-refractivity contribution in [1.82, 2.24) is 10.3 Å². The molecule has 6 nitrogen and oxygen atoms in total. The van der Waals surface area contributed by atoms with E-state index in [0.717, 1.165) is 42.0 Å². The molecule has 0 bridgehead atoms. The molecule has 2 atom stereocenters. The van der Waals surface area contributed by atoms with Crippen LogP contribution in [0.3, 0.4) is 0 Å². The first kappa shape index (κ1) is 23.3. The second-order valence-electron chi connectivity index (χ2n) is 8.74. The van der Waals surface area contributed by atoms with Crippen LogP contribution in [0.5, 0.6) is 5.75 Å². The molecule has 0 spiro atoms. The first-order chi connectivity index (χ1) is 16.0. The highest BCUT2D eigenvalue weighted by molar-refractivity contribution is 7.80. The molecule has 2 aromatic carbocycles. The van der Waals surface area contributed by atoms with Gasteiger partial charge >= 0.3 is 0 Å². The summed E-state index contributed by atoms with van der Waals surface area (Å²) in [5.41, 5.74) is 12.0. The molecule has 0 aliphatic carbocycles. The second-order valence-corrected chi connectivity index (χ2v) is 9.18. The molecule has 2 aliphatic rings. The van der Waals surface area contributed by atoms with Gasteiger partial charge in [0.25, 0.3) is 0 Å². The van der Waals surface area contributed by atoms with Crippen molar-refractivity contribution in [2.75, 3.05) is 26.2 Å². The lowest BCUT2D eigenvalue weighted by molar-refractivity contribution is 0.204. The maximum absolute atomic E-state index is 11.4. The molecular weight excluding hydrogens is 432 g/mol. The number of hydrogen-bond acceptors (Lipinski definition) is 5. The van der Waals surface area contributed by atoms with Crippen molar-refractivity contribution < 1.29 is 9.84 Å². The minimum absolute atomic E-state index is 0.00152. The number of para-hydroxylation sites is 1. The summed E-state index contributed by atoms with van der Waals surface area (Å²) < 4.78 is 6.10. The van der Waals surface area contributed by atoms with Crippen molar-refractivity contribution in [1.29, 1.82) is 0 Å². The van der Waals surface area contributed by atoms with Gasteiger partial charge in [0.1, 0.15) is 18.1 Å². The van der Waals surface area contributed by atoms with Gasteiger partial charge in [-0.1, -0.05) is 48.9 Å². The van der Waals surface area contributed by atoms with Gasteiger partial charge in [-0.15, -0.1) is 0 Å². The maximum Gasteiger partial charge on any atom is 0.184 e. The molecule has 4 rings (SSSR count). The van der Waals surface area contributed by atoms with Gasteiger partial charge in [0.05, 0.1) is 5.56 Å². The van der Waals surface area contributed by atoms with Crippen LogP contribution in [0.4, 0.5) is 0 Å². The van der Waals surface area contributed by atoms with Gasteiger partial charge in [-0.05, 0) is 62.8 Å². The number of aliphatic hydroxyl groups is 1. The van der Waals surface area contributed by atoms with E-state index >= 15 is 0 Å². The summed E-state index contributed by atoms with van der Waals surface area (Å²) in [5, 5.41) is 16.1. The number of hydrazone groups is 1. The summed E-state index contributed by atoms with van der Waals surface area (Å²) in [6, 6.07) is 17.9. The normalized spacial score (nSPS) is 18.8. The van der Waals surface area contributed by atoms with Crippen LogP contribution in [0, 0.1) is 5.92 Å². The van der Waals surface area contributed by atoms with Crippen LogP contribution in [-0.2, 0) is 0 Å². The van der Waals surface area contributed by atoms with Gasteiger partial charge in [0, 0.05) is 29.7 Å². The minimum atomic E-state index is -0.113. The third-order valence-electron chi connectivity index (χ3n) is 6.55. The number of nitrogens with one attached hydrogen (secondary N) is 1. The molecule has 2 heterocycles. The van der Waals surface area contributed by atoms with E-state index in [-0.39, 0.29) is 16.9 Å².